The van der Waals surface area contributed by atoms with E-state index in [0.29, 0.717) is 13.1 Å². The van der Waals surface area contributed by atoms with Gasteiger partial charge in [0.25, 0.3) is 0 Å². The monoisotopic (exact) mass is 357 g/mol. The molecule has 1 aliphatic heterocycles. The van der Waals surface area contributed by atoms with Crippen molar-refractivity contribution in [2.45, 2.75) is 20.8 Å². The Morgan fingerprint density at radius 2 is 1.72 bits per heavy atom. The number of anilines is 2. The van der Waals surface area contributed by atoms with Gasteiger partial charge in [0.15, 0.2) is 0 Å². The second kappa shape index (κ2) is 7.36. The van der Waals surface area contributed by atoms with Gasteiger partial charge in [-0.15, -0.1) is 0 Å². The number of hydrogen-bond donors (Lipinski definition) is 1. The van der Waals surface area contributed by atoms with Crippen LogP contribution in [0.5, 0.6) is 0 Å². The maximum absolute atomic E-state index is 12.5. The predicted molar refractivity (Wildman–Crippen MR) is 105 cm³/mol. The van der Waals surface area contributed by atoms with Crippen LogP contribution in [0.15, 0.2) is 36.4 Å². The number of piperazine rings is 1. The molecule has 1 fully saturated rings. The van der Waals surface area contributed by atoms with Crippen molar-refractivity contribution in [3.05, 3.63) is 58.1 Å². The molecule has 3 rings (SSSR count). The molecule has 0 aromatic heterocycles. The molecular weight excluding hydrogens is 334 g/mol. The Balaban J connectivity index is 1.60. The summed E-state index contributed by atoms with van der Waals surface area (Å²) in [7, 11) is 0. The van der Waals surface area contributed by atoms with E-state index in [9.17, 15) is 4.79 Å². The number of carbonyl (C=O) groups excluding carboxylic acids is 1. The van der Waals surface area contributed by atoms with Gasteiger partial charge < -0.3 is 15.1 Å². The van der Waals surface area contributed by atoms with E-state index in [-0.39, 0.29) is 6.03 Å². The van der Waals surface area contributed by atoms with Crippen LogP contribution in [0.25, 0.3) is 0 Å². The lowest BCUT2D eigenvalue weighted by Gasteiger charge is -2.36. The van der Waals surface area contributed by atoms with E-state index in [2.05, 4.69) is 29.3 Å². The minimum Gasteiger partial charge on any atom is -0.368 e. The van der Waals surface area contributed by atoms with Gasteiger partial charge in [0.1, 0.15) is 0 Å². The molecule has 0 spiro atoms. The minimum absolute atomic E-state index is 0.0321. The summed E-state index contributed by atoms with van der Waals surface area (Å²) in [5, 5.41) is 3.82. The number of carbonyl (C=O) groups is 1. The lowest BCUT2D eigenvalue weighted by atomic mass is 10.1. The van der Waals surface area contributed by atoms with E-state index in [4.69, 9.17) is 11.6 Å². The lowest BCUT2D eigenvalue weighted by molar-refractivity contribution is 0.208. The summed E-state index contributed by atoms with van der Waals surface area (Å²) in [5.41, 5.74) is 5.38. The standard InChI is InChI=1S/C20H24ClN3O/c1-14-5-4-6-19(16(14)3)22-20(25)24-11-9-23(10-12-24)17-8-7-15(2)18(21)13-17/h4-8,13H,9-12H2,1-3H3,(H,22,25). The second-order valence-corrected chi connectivity index (χ2v) is 6.99. The van der Waals surface area contributed by atoms with E-state index in [0.717, 1.165) is 40.6 Å². The molecule has 1 heterocycles. The summed E-state index contributed by atoms with van der Waals surface area (Å²) in [6.45, 7) is 9.09. The van der Waals surface area contributed by atoms with Crippen LogP contribution in [0.2, 0.25) is 5.02 Å². The number of benzene rings is 2. The van der Waals surface area contributed by atoms with Gasteiger partial charge in [-0.25, -0.2) is 4.79 Å². The number of amides is 2. The molecule has 0 atom stereocenters. The van der Waals surface area contributed by atoms with Crippen LogP contribution in [0.1, 0.15) is 16.7 Å². The van der Waals surface area contributed by atoms with Crippen molar-refractivity contribution in [1.82, 2.24) is 4.90 Å². The Labute approximate surface area is 154 Å². The number of hydrogen-bond acceptors (Lipinski definition) is 2. The first-order chi connectivity index (χ1) is 12.0. The average Bonchev–Trinajstić information content (AvgIpc) is 2.61. The van der Waals surface area contributed by atoms with Crippen LogP contribution in [0.4, 0.5) is 16.2 Å². The Bertz CT molecular complexity index is 783. The SMILES string of the molecule is Cc1ccc(N2CCN(C(=O)Nc3cccc(C)c3C)CC2)cc1Cl. The zero-order valence-corrected chi connectivity index (χ0v) is 15.7. The molecule has 1 saturated heterocycles. The molecule has 0 bridgehead atoms. The normalized spacial score (nSPS) is 14.6. The van der Waals surface area contributed by atoms with Crippen molar-refractivity contribution >= 4 is 29.0 Å². The molecule has 0 saturated carbocycles. The summed E-state index contributed by atoms with van der Waals surface area (Å²) < 4.78 is 0. The molecule has 5 heteroatoms. The summed E-state index contributed by atoms with van der Waals surface area (Å²) >= 11 is 6.23. The molecule has 0 unspecified atom stereocenters. The number of rotatable bonds is 2. The van der Waals surface area contributed by atoms with Crippen molar-refractivity contribution in [3.8, 4) is 0 Å². The van der Waals surface area contributed by atoms with E-state index < -0.39 is 0 Å². The van der Waals surface area contributed by atoms with Crippen molar-refractivity contribution in [2.24, 2.45) is 0 Å². The van der Waals surface area contributed by atoms with Crippen LogP contribution in [0.3, 0.4) is 0 Å². The first kappa shape index (κ1) is 17.6. The number of nitrogens with one attached hydrogen (secondary N) is 1. The summed E-state index contributed by atoms with van der Waals surface area (Å²) in [6, 6.07) is 12.1. The number of urea groups is 1. The lowest BCUT2D eigenvalue weighted by Crippen LogP contribution is -2.50. The molecular formula is C20H24ClN3O. The van der Waals surface area contributed by atoms with E-state index in [1.807, 2.05) is 43.0 Å². The molecule has 2 amide bonds. The van der Waals surface area contributed by atoms with Crippen LogP contribution in [0, 0.1) is 20.8 Å². The van der Waals surface area contributed by atoms with Crippen LogP contribution >= 0.6 is 11.6 Å². The van der Waals surface area contributed by atoms with Crippen LogP contribution in [-0.4, -0.2) is 37.1 Å². The van der Waals surface area contributed by atoms with Gasteiger partial charge in [0, 0.05) is 42.6 Å². The minimum atomic E-state index is -0.0321. The Morgan fingerprint density at radius 3 is 2.40 bits per heavy atom. The maximum Gasteiger partial charge on any atom is 0.321 e. The largest absolute Gasteiger partial charge is 0.368 e. The maximum atomic E-state index is 12.5. The highest BCUT2D eigenvalue weighted by atomic mass is 35.5. The highest BCUT2D eigenvalue weighted by Crippen LogP contribution is 2.24. The molecule has 1 N–H and O–H groups in total. The number of aryl methyl sites for hydroxylation is 2. The molecule has 2 aromatic carbocycles. The molecule has 0 aliphatic carbocycles. The number of nitrogens with zero attached hydrogens (tertiary/aromatic N) is 2. The van der Waals surface area contributed by atoms with Gasteiger partial charge in [-0.2, -0.15) is 0 Å². The van der Waals surface area contributed by atoms with Gasteiger partial charge >= 0.3 is 6.03 Å². The van der Waals surface area contributed by atoms with E-state index in [1.165, 1.54) is 5.56 Å². The van der Waals surface area contributed by atoms with Gasteiger partial charge in [-0.1, -0.05) is 29.8 Å². The predicted octanol–water partition coefficient (Wildman–Crippen LogP) is 4.62. The van der Waals surface area contributed by atoms with Crippen LogP contribution in [-0.2, 0) is 0 Å². The number of halogens is 1. The van der Waals surface area contributed by atoms with Gasteiger partial charge in [0.05, 0.1) is 0 Å². The van der Waals surface area contributed by atoms with Crippen LogP contribution < -0.4 is 10.2 Å². The van der Waals surface area contributed by atoms with Crippen molar-refractivity contribution in [1.29, 1.82) is 0 Å². The molecule has 25 heavy (non-hydrogen) atoms. The third kappa shape index (κ3) is 3.90. The first-order valence-corrected chi connectivity index (χ1v) is 8.97. The smallest absolute Gasteiger partial charge is 0.321 e. The van der Waals surface area contributed by atoms with Crippen molar-refractivity contribution < 1.29 is 4.79 Å². The fourth-order valence-electron chi connectivity index (χ4n) is 3.03. The zero-order valence-electron chi connectivity index (χ0n) is 15.0. The Morgan fingerprint density at radius 1 is 1.00 bits per heavy atom. The summed E-state index contributed by atoms with van der Waals surface area (Å²) in [6.07, 6.45) is 0. The molecule has 0 radical (unpaired) electrons. The fourth-order valence-corrected chi connectivity index (χ4v) is 3.20. The van der Waals surface area contributed by atoms with Crippen molar-refractivity contribution in [3.63, 3.8) is 0 Å². The Kier molecular flexibility index (Phi) is 5.19. The summed E-state index contributed by atoms with van der Waals surface area (Å²) in [5.74, 6) is 0. The van der Waals surface area contributed by atoms with E-state index in [1.54, 1.807) is 0 Å². The fraction of sp³-hybridized carbons (Fsp3) is 0.350. The average molecular weight is 358 g/mol. The summed E-state index contributed by atoms with van der Waals surface area (Å²) in [4.78, 5) is 16.7. The molecule has 1 aliphatic rings. The third-order valence-electron chi connectivity index (χ3n) is 4.93. The van der Waals surface area contributed by atoms with Gasteiger partial charge in [-0.05, 0) is 55.7 Å². The second-order valence-electron chi connectivity index (χ2n) is 6.59. The molecule has 4 nitrogen and oxygen atoms in total. The highest BCUT2D eigenvalue weighted by molar-refractivity contribution is 6.31. The third-order valence-corrected chi connectivity index (χ3v) is 5.34. The Hall–Kier alpha value is -2.20. The molecule has 2 aromatic rings. The van der Waals surface area contributed by atoms with Crippen molar-refractivity contribution in [2.75, 3.05) is 36.4 Å². The molecule has 132 valence electrons. The topological polar surface area (TPSA) is 35.6 Å². The van der Waals surface area contributed by atoms with E-state index >= 15 is 0 Å². The highest BCUT2D eigenvalue weighted by Gasteiger charge is 2.22. The van der Waals surface area contributed by atoms with Gasteiger partial charge in [-0.3, -0.25) is 0 Å². The quantitative estimate of drug-likeness (QED) is 0.851. The zero-order chi connectivity index (χ0) is 18.0. The first-order valence-electron chi connectivity index (χ1n) is 8.59. The van der Waals surface area contributed by atoms with Gasteiger partial charge in [0.2, 0.25) is 0 Å².